The third kappa shape index (κ3) is 4.65. The molecule has 3 nitrogen and oxygen atoms in total. The van der Waals surface area contributed by atoms with E-state index in [0.29, 0.717) is 22.2 Å². The van der Waals surface area contributed by atoms with Gasteiger partial charge in [-0.2, -0.15) is 0 Å². The summed E-state index contributed by atoms with van der Waals surface area (Å²) >= 11 is 3.27. The summed E-state index contributed by atoms with van der Waals surface area (Å²) in [6, 6.07) is 12.8. The number of ether oxygens (including phenoxy) is 2. The molecule has 4 heteroatoms. The summed E-state index contributed by atoms with van der Waals surface area (Å²) in [7, 11) is 2.84. The van der Waals surface area contributed by atoms with Gasteiger partial charge in [-0.3, -0.25) is 0 Å². The van der Waals surface area contributed by atoms with Crippen LogP contribution in [0.5, 0.6) is 5.75 Å². The lowest BCUT2D eigenvalue weighted by Crippen LogP contribution is -2.04. The number of halogens is 1. The van der Waals surface area contributed by atoms with E-state index >= 15 is 0 Å². The Hall–Kier alpha value is -2.69. The molecule has 0 aliphatic heterocycles. The standard InChI is InChI=1S/C20H15BrO3/c1-23-19-12-11-17(14-18(19)20(22)24-2)10-9-16-7-5-15(6-8-16)4-3-13-21/h5-8,11-12,14H,13H2,1-2H3. The van der Waals surface area contributed by atoms with E-state index in [9.17, 15) is 4.79 Å². The van der Waals surface area contributed by atoms with Gasteiger partial charge in [-0.1, -0.05) is 39.6 Å². The summed E-state index contributed by atoms with van der Waals surface area (Å²) in [4.78, 5) is 11.8. The Labute approximate surface area is 150 Å². The van der Waals surface area contributed by atoms with Crippen molar-refractivity contribution < 1.29 is 14.3 Å². The fourth-order valence-corrected chi connectivity index (χ4v) is 2.11. The largest absolute Gasteiger partial charge is 0.496 e. The SMILES string of the molecule is COC(=O)c1cc(C#Cc2ccc(C#CCBr)cc2)ccc1OC. The second-order valence-electron chi connectivity index (χ2n) is 4.67. The molecule has 120 valence electrons. The molecule has 2 aromatic carbocycles. The summed E-state index contributed by atoms with van der Waals surface area (Å²) in [6.07, 6.45) is 0. The Morgan fingerprint density at radius 1 is 0.958 bits per heavy atom. The second kappa shape index (κ2) is 8.82. The average Bonchev–Trinajstić information content (AvgIpc) is 2.64. The van der Waals surface area contributed by atoms with Gasteiger partial charge < -0.3 is 9.47 Å². The lowest BCUT2D eigenvalue weighted by molar-refractivity contribution is 0.0597. The Kier molecular flexibility index (Phi) is 6.49. The van der Waals surface area contributed by atoms with Gasteiger partial charge >= 0.3 is 5.97 Å². The molecule has 24 heavy (non-hydrogen) atoms. The highest BCUT2D eigenvalue weighted by molar-refractivity contribution is 9.09. The maximum atomic E-state index is 11.8. The number of carbonyl (C=O) groups is 1. The molecule has 0 N–H and O–H groups in total. The summed E-state index contributed by atoms with van der Waals surface area (Å²) in [5, 5.41) is 0.647. The van der Waals surface area contributed by atoms with Crippen molar-refractivity contribution in [1.29, 1.82) is 0 Å². The van der Waals surface area contributed by atoms with Crippen LogP contribution in [-0.2, 0) is 4.74 Å². The molecule has 0 saturated heterocycles. The van der Waals surface area contributed by atoms with Gasteiger partial charge in [-0.15, -0.1) is 0 Å². The highest BCUT2D eigenvalue weighted by atomic mass is 79.9. The number of esters is 1. The first-order valence-electron chi connectivity index (χ1n) is 7.11. The molecule has 0 heterocycles. The minimum atomic E-state index is -0.454. The summed E-state index contributed by atoms with van der Waals surface area (Å²) in [6.45, 7) is 0. The van der Waals surface area contributed by atoms with Crippen LogP contribution in [0.15, 0.2) is 42.5 Å². The monoisotopic (exact) mass is 382 g/mol. The number of hydrogen-bond acceptors (Lipinski definition) is 3. The molecule has 0 amide bonds. The van der Waals surface area contributed by atoms with Crippen molar-refractivity contribution in [3.8, 4) is 29.4 Å². The minimum absolute atomic E-state index is 0.354. The van der Waals surface area contributed by atoms with Gasteiger partial charge in [0, 0.05) is 16.7 Å². The van der Waals surface area contributed by atoms with Crippen LogP contribution in [0.3, 0.4) is 0 Å². The number of methoxy groups -OCH3 is 2. The fraction of sp³-hybridized carbons (Fsp3) is 0.150. The van der Waals surface area contributed by atoms with Crippen LogP contribution in [-0.4, -0.2) is 25.5 Å². The molecule has 0 aliphatic rings. The molecule has 0 aromatic heterocycles. The Morgan fingerprint density at radius 2 is 1.54 bits per heavy atom. The third-order valence-corrected chi connectivity index (χ3v) is 3.42. The van der Waals surface area contributed by atoms with Gasteiger partial charge in [0.15, 0.2) is 0 Å². The molecular formula is C20H15BrO3. The molecule has 0 bridgehead atoms. The van der Waals surface area contributed by atoms with E-state index in [-0.39, 0.29) is 0 Å². The minimum Gasteiger partial charge on any atom is -0.496 e. The van der Waals surface area contributed by atoms with E-state index in [1.165, 1.54) is 14.2 Å². The molecule has 0 spiro atoms. The van der Waals surface area contributed by atoms with Gasteiger partial charge in [0.2, 0.25) is 0 Å². The molecule has 0 radical (unpaired) electrons. The van der Waals surface area contributed by atoms with Crippen LogP contribution < -0.4 is 4.74 Å². The predicted octanol–water partition coefficient (Wildman–Crippen LogP) is 3.63. The number of rotatable bonds is 2. The zero-order valence-corrected chi connectivity index (χ0v) is 14.9. The highest BCUT2D eigenvalue weighted by Gasteiger charge is 2.12. The number of hydrogen-bond donors (Lipinski definition) is 0. The van der Waals surface area contributed by atoms with Gasteiger partial charge in [0.25, 0.3) is 0 Å². The zero-order valence-electron chi connectivity index (χ0n) is 13.4. The first kappa shape index (κ1) is 17.7. The second-order valence-corrected chi connectivity index (χ2v) is 5.23. The summed E-state index contributed by atoms with van der Waals surface area (Å²) in [5.74, 6) is 12.1. The van der Waals surface area contributed by atoms with Crippen molar-refractivity contribution in [2.75, 3.05) is 19.5 Å². The van der Waals surface area contributed by atoms with E-state index in [2.05, 4.69) is 39.6 Å². The smallest absolute Gasteiger partial charge is 0.341 e. The van der Waals surface area contributed by atoms with Crippen molar-refractivity contribution in [2.45, 2.75) is 0 Å². The maximum Gasteiger partial charge on any atom is 0.341 e. The fourth-order valence-electron chi connectivity index (χ4n) is 1.97. The van der Waals surface area contributed by atoms with Crippen molar-refractivity contribution in [1.82, 2.24) is 0 Å². The van der Waals surface area contributed by atoms with Gasteiger partial charge in [0.05, 0.1) is 19.5 Å². The first-order chi connectivity index (χ1) is 11.7. The predicted molar refractivity (Wildman–Crippen MR) is 97.4 cm³/mol. The van der Waals surface area contributed by atoms with Crippen molar-refractivity contribution in [3.63, 3.8) is 0 Å². The number of alkyl halides is 1. The molecule has 2 rings (SSSR count). The number of carbonyl (C=O) groups excluding carboxylic acids is 1. The van der Waals surface area contributed by atoms with E-state index in [4.69, 9.17) is 9.47 Å². The van der Waals surface area contributed by atoms with Crippen LogP contribution in [0.1, 0.15) is 27.0 Å². The molecule has 0 unspecified atom stereocenters. The Balaban J connectivity index is 2.25. The molecular weight excluding hydrogens is 368 g/mol. The molecule has 0 aliphatic carbocycles. The quantitative estimate of drug-likeness (QED) is 0.452. The van der Waals surface area contributed by atoms with E-state index in [1.54, 1.807) is 18.2 Å². The third-order valence-electron chi connectivity index (χ3n) is 3.14. The van der Waals surface area contributed by atoms with Gasteiger partial charge in [-0.25, -0.2) is 4.79 Å². The van der Waals surface area contributed by atoms with Crippen molar-refractivity contribution in [2.24, 2.45) is 0 Å². The van der Waals surface area contributed by atoms with Crippen LogP contribution in [0.2, 0.25) is 0 Å². The van der Waals surface area contributed by atoms with Crippen molar-refractivity contribution >= 4 is 21.9 Å². The van der Waals surface area contributed by atoms with E-state index in [0.717, 1.165) is 11.1 Å². The van der Waals surface area contributed by atoms with Gasteiger partial charge in [0.1, 0.15) is 11.3 Å². The van der Waals surface area contributed by atoms with Gasteiger partial charge in [-0.05, 0) is 42.5 Å². The highest BCUT2D eigenvalue weighted by Crippen LogP contribution is 2.20. The van der Waals surface area contributed by atoms with Crippen LogP contribution in [0.25, 0.3) is 0 Å². The normalized spacial score (nSPS) is 9.12. The molecule has 2 aromatic rings. The zero-order chi connectivity index (χ0) is 17.4. The maximum absolute atomic E-state index is 11.8. The molecule has 0 atom stereocenters. The topological polar surface area (TPSA) is 35.5 Å². The summed E-state index contributed by atoms with van der Waals surface area (Å²) in [5.41, 5.74) is 2.87. The first-order valence-corrected chi connectivity index (χ1v) is 8.23. The van der Waals surface area contributed by atoms with Crippen molar-refractivity contribution in [3.05, 3.63) is 64.7 Å². The van der Waals surface area contributed by atoms with E-state index < -0.39 is 5.97 Å². The average molecular weight is 383 g/mol. The van der Waals surface area contributed by atoms with Crippen LogP contribution in [0, 0.1) is 23.7 Å². The summed E-state index contributed by atoms with van der Waals surface area (Å²) < 4.78 is 9.92. The van der Waals surface area contributed by atoms with E-state index in [1.807, 2.05) is 24.3 Å². The molecule has 0 fully saturated rings. The Morgan fingerprint density at radius 3 is 2.12 bits per heavy atom. The number of benzene rings is 2. The lowest BCUT2D eigenvalue weighted by atomic mass is 10.1. The Bertz CT molecular complexity index is 846. The van der Waals surface area contributed by atoms with Crippen LogP contribution in [0.4, 0.5) is 0 Å². The molecule has 0 saturated carbocycles. The lowest BCUT2D eigenvalue weighted by Gasteiger charge is -2.06. The van der Waals surface area contributed by atoms with Crippen LogP contribution >= 0.6 is 15.9 Å².